The fraction of sp³-hybridized carbons (Fsp3) is 0.350. The SMILES string of the molecule is Cc1cc(OC2CCCN(C(=O)c3cc4ccccn4c3)C2)nc(C)n1. The fourth-order valence-electron chi connectivity index (χ4n) is 3.49. The summed E-state index contributed by atoms with van der Waals surface area (Å²) in [5.74, 6) is 1.34. The van der Waals surface area contributed by atoms with Crippen molar-refractivity contribution >= 4 is 11.4 Å². The van der Waals surface area contributed by atoms with Gasteiger partial charge < -0.3 is 14.0 Å². The van der Waals surface area contributed by atoms with Gasteiger partial charge in [0.25, 0.3) is 5.91 Å². The van der Waals surface area contributed by atoms with E-state index in [4.69, 9.17) is 4.74 Å². The minimum atomic E-state index is -0.0431. The lowest BCUT2D eigenvalue weighted by atomic mass is 10.1. The van der Waals surface area contributed by atoms with Crippen molar-refractivity contribution in [1.29, 1.82) is 0 Å². The molecule has 1 saturated heterocycles. The molecule has 6 nitrogen and oxygen atoms in total. The summed E-state index contributed by atoms with van der Waals surface area (Å²) in [6.07, 6.45) is 5.64. The number of hydrogen-bond acceptors (Lipinski definition) is 4. The number of pyridine rings is 1. The van der Waals surface area contributed by atoms with Gasteiger partial charge in [-0.15, -0.1) is 0 Å². The summed E-state index contributed by atoms with van der Waals surface area (Å²) in [7, 11) is 0. The normalized spacial score (nSPS) is 17.5. The Balaban J connectivity index is 1.48. The van der Waals surface area contributed by atoms with Crippen molar-refractivity contribution in [2.24, 2.45) is 0 Å². The highest BCUT2D eigenvalue weighted by molar-refractivity contribution is 5.95. The Morgan fingerprint density at radius 3 is 2.92 bits per heavy atom. The molecule has 3 aromatic heterocycles. The number of ether oxygens (including phenoxy) is 1. The summed E-state index contributed by atoms with van der Waals surface area (Å²) >= 11 is 0. The Labute approximate surface area is 152 Å². The number of amides is 1. The number of likely N-dealkylation sites (tertiary alicyclic amines) is 1. The first-order valence-corrected chi connectivity index (χ1v) is 8.93. The predicted octanol–water partition coefficient (Wildman–Crippen LogP) is 3.03. The molecular weight excluding hydrogens is 328 g/mol. The molecule has 26 heavy (non-hydrogen) atoms. The third-order valence-corrected chi connectivity index (χ3v) is 4.65. The molecule has 6 heteroatoms. The van der Waals surface area contributed by atoms with Crippen LogP contribution in [0.25, 0.3) is 5.52 Å². The molecule has 1 fully saturated rings. The fourth-order valence-corrected chi connectivity index (χ4v) is 3.49. The van der Waals surface area contributed by atoms with Gasteiger partial charge in [-0.2, -0.15) is 4.98 Å². The summed E-state index contributed by atoms with van der Waals surface area (Å²) in [4.78, 5) is 23.4. The van der Waals surface area contributed by atoms with Crippen LogP contribution in [0, 0.1) is 13.8 Å². The Morgan fingerprint density at radius 2 is 2.12 bits per heavy atom. The van der Waals surface area contributed by atoms with Crippen molar-refractivity contribution in [3.05, 3.63) is 59.8 Å². The number of nitrogens with zero attached hydrogens (tertiary/aromatic N) is 4. The van der Waals surface area contributed by atoms with Crippen molar-refractivity contribution in [1.82, 2.24) is 19.3 Å². The van der Waals surface area contributed by atoms with E-state index in [9.17, 15) is 4.79 Å². The van der Waals surface area contributed by atoms with Crippen LogP contribution in [0.4, 0.5) is 0 Å². The lowest BCUT2D eigenvalue weighted by Gasteiger charge is -2.32. The molecule has 1 aliphatic heterocycles. The number of fused-ring (bicyclic) bond motifs is 1. The van der Waals surface area contributed by atoms with E-state index in [2.05, 4.69) is 9.97 Å². The van der Waals surface area contributed by atoms with Crippen LogP contribution in [0.3, 0.4) is 0 Å². The lowest BCUT2D eigenvalue weighted by Crippen LogP contribution is -2.44. The number of carbonyl (C=O) groups is 1. The van der Waals surface area contributed by atoms with Gasteiger partial charge in [0.05, 0.1) is 12.1 Å². The minimum Gasteiger partial charge on any atom is -0.472 e. The minimum absolute atomic E-state index is 0.0431. The second-order valence-electron chi connectivity index (χ2n) is 6.79. The van der Waals surface area contributed by atoms with Gasteiger partial charge in [0.1, 0.15) is 11.9 Å². The molecule has 0 bridgehead atoms. The van der Waals surface area contributed by atoms with E-state index in [0.717, 1.165) is 30.6 Å². The number of piperidine rings is 1. The number of aromatic nitrogens is 3. The average molecular weight is 350 g/mol. The molecule has 4 rings (SSSR count). The molecule has 4 heterocycles. The number of hydrogen-bond donors (Lipinski definition) is 0. The first kappa shape index (κ1) is 16.6. The summed E-state index contributed by atoms with van der Waals surface area (Å²) in [6, 6.07) is 9.70. The second-order valence-corrected chi connectivity index (χ2v) is 6.79. The average Bonchev–Trinajstić information content (AvgIpc) is 3.04. The van der Waals surface area contributed by atoms with E-state index < -0.39 is 0 Å². The Kier molecular flexibility index (Phi) is 4.32. The highest BCUT2D eigenvalue weighted by Crippen LogP contribution is 2.20. The summed E-state index contributed by atoms with van der Waals surface area (Å²) in [5.41, 5.74) is 2.62. The second kappa shape index (κ2) is 6.78. The molecule has 1 unspecified atom stereocenters. The van der Waals surface area contributed by atoms with E-state index in [1.165, 1.54) is 0 Å². The largest absolute Gasteiger partial charge is 0.472 e. The molecule has 1 amide bonds. The van der Waals surface area contributed by atoms with Crippen LogP contribution in [0.2, 0.25) is 0 Å². The van der Waals surface area contributed by atoms with Crippen LogP contribution in [-0.4, -0.2) is 44.4 Å². The van der Waals surface area contributed by atoms with Gasteiger partial charge >= 0.3 is 0 Å². The predicted molar refractivity (Wildman–Crippen MR) is 98.5 cm³/mol. The molecule has 1 atom stereocenters. The van der Waals surface area contributed by atoms with Crippen LogP contribution >= 0.6 is 0 Å². The van der Waals surface area contributed by atoms with E-state index in [0.29, 0.717) is 23.8 Å². The zero-order valence-electron chi connectivity index (χ0n) is 15.1. The van der Waals surface area contributed by atoms with Crippen molar-refractivity contribution < 1.29 is 9.53 Å². The molecule has 0 spiro atoms. The van der Waals surface area contributed by atoms with Crippen LogP contribution in [0.1, 0.15) is 34.7 Å². The summed E-state index contributed by atoms with van der Waals surface area (Å²) in [5, 5.41) is 0. The Hall–Kier alpha value is -2.89. The standard InChI is InChI=1S/C20H22N4O2/c1-14-10-19(22-15(2)21-14)26-18-7-5-9-24(13-18)20(25)16-11-17-6-3-4-8-23(17)12-16/h3-4,6,8,10-12,18H,5,7,9,13H2,1-2H3. The molecule has 3 aromatic rings. The third kappa shape index (κ3) is 3.40. The van der Waals surface area contributed by atoms with Crippen molar-refractivity contribution in [3.8, 4) is 5.88 Å². The first-order valence-electron chi connectivity index (χ1n) is 8.93. The molecule has 1 aliphatic rings. The van der Waals surface area contributed by atoms with Gasteiger partial charge in [0, 0.05) is 36.2 Å². The maximum atomic E-state index is 12.9. The quantitative estimate of drug-likeness (QED) is 0.728. The molecule has 134 valence electrons. The maximum absolute atomic E-state index is 12.9. The Bertz CT molecular complexity index is 897. The molecule has 0 aromatic carbocycles. The zero-order valence-corrected chi connectivity index (χ0v) is 15.1. The maximum Gasteiger partial charge on any atom is 0.255 e. The van der Waals surface area contributed by atoms with E-state index in [-0.39, 0.29) is 12.0 Å². The number of carbonyl (C=O) groups excluding carboxylic acids is 1. The van der Waals surface area contributed by atoms with Gasteiger partial charge in [0.2, 0.25) is 5.88 Å². The van der Waals surface area contributed by atoms with Crippen LogP contribution in [-0.2, 0) is 0 Å². The molecule has 0 saturated carbocycles. The van der Waals surface area contributed by atoms with E-state index >= 15 is 0 Å². The molecule has 0 radical (unpaired) electrons. The highest BCUT2D eigenvalue weighted by atomic mass is 16.5. The van der Waals surface area contributed by atoms with Crippen LogP contribution in [0.15, 0.2) is 42.7 Å². The number of aryl methyl sites for hydroxylation is 2. The van der Waals surface area contributed by atoms with Gasteiger partial charge in [-0.3, -0.25) is 4.79 Å². The first-order chi connectivity index (χ1) is 12.6. The lowest BCUT2D eigenvalue weighted by molar-refractivity contribution is 0.0527. The summed E-state index contributed by atoms with van der Waals surface area (Å²) < 4.78 is 8.01. The van der Waals surface area contributed by atoms with Crippen molar-refractivity contribution in [2.75, 3.05) is 13.1 Å². The highest BCUT2D eigenvalue weighted by Gasteiger charge is 2.26. The topological polar surface area (TPSA) is 59.7 Å². The smallest absolute Gasteiger partial charge is 0.255 e. The van der Waals surface area contributed by atoms with Crippen LogP contribution < -0.4 is 4.74 Å². The van der Waals surface area contributed by atoms with Gasteiger partial charge in [0.15, 0.2) is 0 Å². The van der Waals surface area contributed by atoms with E-state index in [1.807, 2.05) is 65.9 Å². The van der Waals surface area contributed by atoms with Crippen molar-refractivity contribution in [2.45, 2.75) is 32.8 Å². The molecular formula is C20H22N4O2. The summed E-state index contributed by atoms with van der Waals surface area (Å²) in [6.45, 7) is 5.12. The molecule has 0 aliphatic carbocycles. The van der Waals surface area contributed by atoms with Crippen LogP contribution in [0.5, 0.6) is 5.88 Å². The van der Waals surface area contributed by atoms with Gasteiger partial charge in [-0.05, 0) is 44.9 Å². The molecule has 0 N–H and O–H groups in total. The Morgan fingerprint density at radius 1 is 1.23 bits per heavy atom. The van der Waals surface area contributed by atoms with E-state index in [1.54, 1.807) is 0 Å². The van der Waals surface area contributed by atoms with Gasteiger partial charge in [-0.25, -0.2) is 4.98 Å². The van der Waals surface area contributed by atoms with Gasteiger partial charge in [-0.1, -0.05) is 6.07 Å². The monoisotopic (exact) mass is 350 g/mol. The number of rotatable bonds is 3. The third-order valence-electron chi connectivity index (χ3n) is 4.65. The van der Waals surface area contributed by atoms with Crippen molar-refractivity contribution in [3.63, 3.8) is 0 Å². The zero-order chi connectivity index (χ0) is 18.1.